The summed E-state index contributed by atoms with van der Waals surface area (Å²) in [5, 5.41) is 3.15. The minimum Gasteiger partial charge on any atom is -0.457 e. The van der Waals surface area contributed by atoms with E-state index >= 15 is 0 Å². The van der Waals surface area contributed by atoms with Crippen LogP contribution in [0.1, 0.15) is 32.0 Å². The number of nitrogens with one attached hydrogen (secondary N) is 1. The molecule has 0 amide bonds. The van der Waals surface area contributed by atoms with Crippen molar-refractivity contribution >= 4 is 28.5 Å². The Bertz CT molecular complexity index is 1500. The lowest BCUT2D eigenvalue weighted by Gasteiger charge is -2.37. The molecule has 2 aromatic heterocycles. The molecule has 0 bridgehead atoms. The van der Waals surface area contributed by atoms with Crippen molar-refractivity contribution in [2.45, 2.75) is 38.7 Å². The summed E-state index contributed by atoms with van der Waals surface area (Å²) < 4.78 is 27.8. The fourth-order valence-corrected chi connectivity index (χ4v) is 4.62. The Labute approximate surface area is 227 Å². The highest BCUT2D eigenvalue weighted by molar-refractivity contribution is 5.83. The van der Waals surface area contributed by atoms with Crippen molar-refractivity contribution in [3.8, 4) is 11.5 Å². The lowest BCUT2D eigenvalue weighted by molar-refractivity contribution is -0.123. The van der Waals surface area contributed by atoms with Crippen molar-refractivity contribution in [1.29, 1.82) is 0 Å². The van der Waals surface area contributed by atoms with Crippen LogP contribution in [0.3, 0.4) is 0 Å². The fourth-order valence-electron chi connectivity index (χ4n) is 4.62. The van der Waals surface area contributed by atoms with Gasteiger partial charge in [0.2, 0.25) is 5.95 Å². The van der Waals surface area contributed by atoms with Gasteiger partial charge in [0.1, 0.15) is 17.3 Å². The van der Waals surface area contributed by atoms with Gasteiger partial charge >= 0.3 is 0 Å². The average molecular weight is 532 g/mol. The van der Waals surface area contributed by atoms with Gasteiger partial charge < -0.3 is 19.4 Å². The summed E-state index contributed by atoms with van der Waals surface area (Å²) in [6.07, 6.45) is 2.10. The molecule has 0 atom stereocenters. The van der Waals surface area contributed by atoms with Gasteiger partial charge in [0.15, 0.2) is 5.78 Å². The van der Waals surface area contributed by atoms with E-state index in [-0.39, 0.29) is 29.5 Å². The van der Waals surface area contributed by atoms with E-state index in [1.54, 1.807) is 25.4 Å². The number of fused-ring (bicyclic) bond motifs is 1. The Morgan fingerprint density at radius 2 is 1.87 bits per heavy atom. The van der Waals surface area contributed by atoms with E-state index in [1.165, 1.54) is 6.07 Å². The molecule has 8 nitrogen and oxygen atoms in total. The standard InChI is InChI=1S/C30H34FN5O3/c1-30(2,3)19-6-8-25(31)26(12-19)33-29-34-27-15-22(7-9-28(27)35(29)4)39-23-10-11-32-20(14-23)13-21(37)16-36-17-24(18-36)38-5/h6-12,14-15,24H,13,16-18H2,1-5H3,(H,33,34). The molecule has 204 valence electrons. The minimum absolute atomic E-state index is 0.105. The van der Waals surface area contributed by atoms with Crippen LogP contribution < -0.4 is 10.1 Å². The SMILES string of the molecule is COC1CN(CC(=O)Cc2cc(Oc3ccc4c(c3)nc(Nc3cc(C(C)(C)C)ccc3F)n4C)ccn2)C1. The molecule has 1 aliphatic rings. The number of halogens is 1. The van der Waals surface area contributed by atoms with E-state index in [9.17, 15) is 9.18 Å². The minimum atomic E-state index is -0.338. The first-order valence-corrected chi connectivity index (χ1v) is 13.0. The van der Waals surface area contributed by atoms with Crippen LogP contribution in [0.15, 0.2) is 54.7 Å². The first kappa shape index (κ1) is 26.8. The van der Waals surface area contributed by atoms with Gasteiger partial charge in [0.25, 0.3) is 0 Å². The van der Waals surface area contributed by atoms with Crippen molar-refractivity contribution in [2.75, 3.05) is 32.1 Å². The third kappa shape index (κ3) is 6.10. The molecule has 0 aliphatic carbocycles. The van der Waals surface area contributed by atoms with E-state index in [1.807, 2.05) is 41.9 Å². The zero-order valence-electron chi connectivity index (χ0n) is 23.0. The Morgan fingerprint density at radius 1 is 1.10 bits per heavy atom. The number of rotatable bonds is 9. The number of methoxy groups -OCH3 is 1. The second-order valence-corrected chi connectivity index (χ2v) is 11.1. The van der Waals surface area contributed by atoms with Crippen molar-refractivity contribution in [3.63, 3.8) is 0 Å². The molecule has 3 heterocycles. The highest BCUT2D eigenvalue weighted by Gasteiger charge is 2.27. The van der Waals surface area contributed by atoms with Crippen LogP contribution in [0, 0.1) is 5.82 Å². The summed E-state index contributed by atoms with van der Waals surface area (Å²) >= 11 is 0. The second-order valence-electron chi connectivity index (χ2n) is 11.1. The summed E-state index contributed by atoms with van der Waals surface area (Å²) in [6, 6.07) is 14.3. The van der Waals surface area contributed by atoms with Crippen molar-refractivity contribution in [2.24, 2.45) is 7.05 Å². The normalized spacial score (nSPS) is 14.4. The average Bonchev–Trinajstić information content (AvgIpc) is 3.16. The molecule has 1 N–H and O–H groups in total. The van der Waals surface area contributed by atoms with Crippen LogP contribution in [-0.4, -0.2) is 58.1 Å². The number of aryl methyl sites for hydroxylation is 1. The lowest BCUT2D eigenvalue weighted by atomic mass is 9.87. The Balaban J connectivity index is 1.28. The van der Waals surface area contributed by atoms with Gasteiger partial charge in [0, 0.05) is 45.6 Å². The van der Waals surface area contributed by atoms with Crippen molar-refractivity contribution in [3.05, 3.63) is 71.8 Å². The van der Waals surface area contributed by atoms with Gasteiger partial charge in [-0.15, -0.1) is 0 Å². The highest BCUT2D eigenvalue weighted by atomic mass is 19.1. The number of aromatic nitrogens is 3. The van der Waals surface area contributed by atoms with Gasteiger partial charge in [-0.1, -0.05) is 26.8 Å². The van der Waals surface area contributed by atoms with Crippen LogP contribution >= 0.6 is 0 Å². The molecule has 1 fully saturated rings. The van der Waals surface area contributed by atoms with E-state index in [0.717, 1.165) is 24.2 Å². The molecule has 0 unspecified atom stereocenters. The van der Waals surface area contributed by atoms with E-state index in [2.05, 4.69) is 41.0 Å². The number of hydrogen-bond acceptors (Lipinski definition) is 7. The fraction of sp³-hybridized carbons (Fsp3) is 0.367. The van der Waals surface area contributed by atoms with Gasteiger partial charge in [-0.25, -0.2) is 9.37 Å². The zero-order valence-corrected chi connectivity index (χ0v) is 23.0. The van der Waals surface area contributed by atoms with Gasteiger partial charge in [-0.2, -0.15) is 0 Å². The number of hydrogen-bond donors (Lipinski definition) is 1. The number of pyridine rings is 1. The Morgan fingerprint density at radius 3 is 2.62 bits per heavy atom. The van der Waals surface area contributed by atoms with Gasteiger partial charge in [-0.05, 0) is 41.3 Å². The number of nitrogens with zero attached hydrogens (tertiary/aromatic N) is 4. The molecular weight excluding hydrogens is 497 g/mol. The molecule has 1 aliphatic heterocycles. The number of ether oxygens (including phenoxy) is 2. The Kier molecular flexibility index (Phi) is 7.38. The Hall–Kier alpha value is -3.82. The summed E-state index contributed by atoms with van der Waals surface area (Å²) in [7, 11) is 3.57. The smallest absolute Gasteiger partial charge is 0.208 e. The number of carbonyl (C=O) groups is 1. The van der Waals surface area contributed by atoms with Crippen LogP contribution in [0.4, 0.5) is 16.0 Å². The third-order valence-corrected chi connectivity index (χ3v) is 6.99. The molecule has 2 aromatic carbocycles. The molecule has 39 heavy (non-hydrogen) atoms. The second kappa shape index (κ2) is 10.7. The molecule has 5 rings (SSSR count). The molecule has 1 saturated heterocycles. The molecular formula is C30H34FN5O3. The largest absolute Gasteiger partial charge is 0.457 e. The van der Waals surface area contributed by atoms with Crippen LogP contribution in [0.25, 0.3) is 11.0 Å². The maximum absolute atomic E-state index is 14.6. The van der Waals surface area contributed by atoms with E-state index in [4.69, 9.17) is 9.47 Å². The maximum Gasteiger partial charge on any atom is 0.208 e. The highest BCUT2D eigenvalue weighted by Crippen LogP contribution is 2.31. The van der Waals surface area contributed by atoms with Crippen LogP contribution in [0.2, 0.25) is 0 Å². The maximum atomic E-state index is 14.6. The number of imidazole rings is 1. The summed E-state index contributed by atoms with van der Waals surface area (Å²) in [4.78, 5) is 23.6. The predicted molar refractivity (Wildman–Crippen MR) is 149 cm³/mol. The summed E-state index contributed by atoms with van der Waals surface area (Å²) in [6.45, 7) is 8.23. The number of Topliss-reactive ketones (excluding diaryl/α,β-unsaturated/α-hetero) is 1. The number of ketones is 1. The summed E-state index contributed by atoms with van der Waals surface area (Å²) in [5.41, 5.74) is 3.54. The first-order chi connectivity index (χ1) is 18.6. The van der Waals surface area contributed by atoms with E-state index in [0.29, 0.717) is 40.9 Å². The quantitative estimate of drug-likeness (QED) is 0.310. The molecule has 0 radical (unpaired) electrons. The van der Waals surface area contributed by atoms with Crippen LogP contribution in [0.5, 0.6) is 11.5 Å². The lowest BCUT2D eigenvalue weighted by Crippen LogP contribution is -2.53. The third-order valence-electron chi connectivity index (χ3n) is 6.99. The zero-order chi connectivity index (χ0) is 27.7. The topological polar surface area (TPSA) is 81.5 Å². The number of carbonyl (C=O) groups excluding carboxylic acids is 1. The van der Waals surface area contributed by atoms with Gasteiger partial charge in [-0.3, -0.25) is 14.7 Å². The predicted octanol–water partition coefficient (Wildman–Crippen LogP) is 5.38. The number of benzene rings is 2. The monoisotopic (exact) mass is 531 g/mol. The first-order valence-electron chi connectivity index (χ1n) is 13.0. The molecule has 9 heteroatoms. The summed E-state index contributed by atoms with van der Waals surface area (Å²) in [5.74, 6) is 1.48. The van der Waals surface area contributed by atoms with Crippen molar-refractivity contribution < 1.29 is 18.7 Å². The number of anilines is 2. The van der Waals surface area contributed by atoms with E-state index < -0.39 is 0 Å². The van der Waals surface area contributed by atoms with Gasteiger partial charge in [0.05, 0.1) is 41.5 Å². The number of likely N-dealkylation sites (tertiary alicyclic amines) is 1. The molecule has 0 spiro atoms. The van der Waals surface area contributed by atoms with Crippen molar-refractivity contribution in [1.82, 2.24) is 19.4 Å². The molecule has 4 aromatic rings. The van der Waals surface area contributed by atoms with Crippen LogP contribution in [-0.2, 0) is 28.4 Å². The molecule has 0 saturated carbocycles.